The molecule has 3 atom stereocenters. The maximum atomic E-state index is 12.9. The van der Waals surface area contributed by atoms with E-state index < -0.39 is 9.84 Å². The van der Waals surface area contributed by atoms with Gasteiger partial charge in [0.2, 0.25) is 5.88 Å². The average Bonchev–Trinajstić information content (AvgIpc) is 2.97. The van der Waals surface area contributed by atoms with E-state index in [1.807, 2.05) is 11.8 Å². The van der Waals surface area contributed by atoms with Crippen LogP contribution in [0.3, 0.4) is 0 Å². The van der Waals surface area contributed by atoms with Crippen molar-refractivity contribution in [1.82, 2.24) is 25.1 Å². The zero-order chi connectivity index (χ0) is 19.6. The van der Waals surface area contributed by atoms with Gasteiger partial charge in [-0.2, -0.15) is 5.10 Å². The molecular formula is C17H25N5O4S. The number of hydrogen-bond donors (Lipinski definition) is 2. The molecule has 1 aliphatic rings. The van der Waals surface area contributed by atoms with Gasteiger partial charge in [0.05, 0.1) is 24.2 Å². The number of H-pyrrole nitrogens is 1. The summed E-state index contributed by atoms with van der Waals surface area (Å²) in [5.41, 5.74) is 0.989. The second-order valence-corrected chi connectivity index (χ2v) is 8.86. The number of likely N-dealkylation sites (tertiary alicyclic amines) is 1. The summed E-state index contributed by atoms with van der Waals surface area (Å²) in [6, 6.07) is -0.405. The number of nitrogens with one attached hydrogen (secondary N) is 1. The third-order valence-corrected chi connectivity index (χ3v) is 6.76. The lowest BCUT2D eigenvalue weighted by molar-refractivity contribution is 0.00484. The van der Waals surface area contributed by atoms with Crippen LogP contribution >= 0.6 is 0 Å². The van der Waals surface area contributed by atoms with Crippen LogP contribution in [0.4, 0.5) is 0 Å². The largest absolute Gasteiger partial charge is 0.473 e. The molecule has 0 unspecified atom stereocenters. The molecule has 148 valence electrons. The van der Waals surface area contributed by atoms with Crippen molar-refractivity contribution in [2.45, 2.75) is 56.7 Å². The molecule has 0 bridgehead atoms. The van der Waals surface area contributed by atoms with Crippen LogP contribution < -0.4 is 4.74 Å². The summed E-state index contributed by atoms with van der Waals surface area (Å²) in [6.45, 7) is 5.16. The van der Waals surface area contributed by atoms with Crippen LogP contribution in [0.25, 0.3) is 0 Å². The minimum atomic E-state index is -3.57. The van der Waals surface area contributed by atoms with Crippen LogP contribution in [0.5, 0.6) is 5.88 Å². The lowest BCUT2D eigenvalue weighted by Gasteiger charge is -2.42. The molecule has 1 aliphatic heterocycles. The normalized spacial score (nSPS) is 24.1. The number of aliphatic hydroxyl groups excluding tert-OH is 1. The molecule has 1 fully saturated rings. The highest BCUT2D eigenvalue weighted by molar-refractivity contribution is 7.91. The summed E-state index contributed by atoms with van der Waals surface area (Å²) < 4.78 is 31.8. The predicted molar refractivity (Wildman–Crippen MR) is 98.0 cm³/mol. The maximum absolute atomic E-state index is 12.9. The summed E-state index contributed by atoms with van der Waals surface area (Å²) in [7, 11) is -3.57. The maximum Gasteiger partial charge on any atom is 0.232 e. The second kappa shape index (κ2) is 7.91. The summed E-state index contributed by atoms with van der Waals surface area (Å²) in [4.78, 5) is 10.2. The molecule has 1 saturated heterocycles. The van der Waals surface area contributed by atoms with Crippen molar-refractivity contribution in [3.8, 4) is 5.88 Å². The van der Waals surface area contributed by atoms with Crippen LogP contribution in [0, 0.1) is 13.8 Å². The first-order valence-electron chi connectivity index (χ1n) is 8.85. The van der Waals surface area contributed by atoms with Gasteiger partial charge in [-0.25, -0.2) is 13.4 Å². The van der Waals surface area contributed by atoms with Crippen molar-refractivity contribution >= 4 is 9.84 Å². The number of piperidine rings is 1. The standard InChI is InChI=1S/C17H25N5O4S/c1-11-6-15(26-16-8-18-4-5-19-16)7-14(9-23)22(11)10-27(24,25)17-12(2)20-21-13(17)3/h4-5,8,11,14-15,23H,6-7,9-10H2,1-3H3,(H,20,21)/t11-,14-,15-/m1/s1. The first-order chi connectivity index (χ1) is 12.8. The fourth-order valence-corrected chi connectivity index (χ4v) is 5.69. The SMILES string of the molecule is Cc1n[nH]c(C)c1S(=O)(=O)CN1[C@@H](CO)C[C@H](Oc2cnccn2)C[C@H]1C. The van der Waals surface area contributed by atoms with Crippen molar-refractivity contribution in [3.05, 3.63) is 30.0 Å². The highest BCUT2D eigenvalue weighted by Crippen LogP contribution is 2.29. The molecule has 2 aromatic rings. The molecule has 27 heavy (non-hydrogen) atoms. The van der Waals surface area contributed by atoms with Crippen molar-refractivity contribution < 1.29 is 18.3 Å². The molecule has 10 heteroatoms. The van der Waals surface area contributed by atoms with E-state index in [0.29, 0.717) is 30.1 Å². The lowest BCUT2D eigenvalue weighted by Crippen LogP contribution is -2.54. The highest BCUT2D eigenvalue weighted by atomic mass is 32.2. The van der Waals surface area contributed by atoms with Gasteiger partial charge in [-0.1, -0.05) is 0 Å². The van der Waals surface area contributed by atoms with E-state index in [9.17, 15) is 13.5 Å². The van der Waals surface area contributed by atoms with Gasteiger partial charge in [-0.15, -0.1) is 0 Å². The summed E-state index contributed by atoms with van der Waals surface area (Å²) >= 11 is 0. The third-order valence-electron chi connectivity index (χ3n) is 4.90. The second-order valence-electron chi connectivity index (χ2n) is 6.96. The molecule has 2 aromatic heterocycles. The Kier molecular flexibility index (Phi) is 5.78. The molecule has 9 nitrogen and oxygen atoms in total. The van der Waals surface area contributed by atoms with Crippen LogP contribution in [-0.4, -0.2) is 69.3 Å². The molecular weight excluding hydrogens is 370 g/mol. The molecule has 3 heterocycles. The lowest BCUT2D eigenvalue weighted by atomic mass is 9.95. The molecule has 0 aromatic carbocycles. The van der Waals surface area contributed by atoms with Gasteiger partial charge in [0, 0.05) is 30.9 Å². The molecule has 0 saturated carbocycles. The van der Waals surface area contributed by atoms with Gasteiger partial charge in [-0.05, 0) is 27.2 Å². The van der Waals surface area contributed by atoms with Gasteiger partial charge in [0.1, 0.15) is 16.9 Å². The summed E-state index contributed by atoms with van der Waals surface area (Å²) in [6.07, 6.45) is 5.64. The number of aryl methyl sites for hydroxylation is 2. The predicted octanol–water partition coefficient (Wildman–Crippen LogP) is 0.841. The number of nitrogens with zero attached hydrogens (tertiary/aromatic N) is 4. The molecule has 2 N–H and O–H groups in total. The van der Waals surface area contributed by atoms with Crippen molar-refractivity contribution in [2.24, 2.45) is 0 Å². The smallest absolute Gasteiger partial charge is 0.232 e. The quantitative estimate of drug-likeness (QED) is 0.738. The summed E-state index contributed by atoms with van der Waals surface area (Å²) in [5.74, 6) is 0.260. The number of sulfone groups is 1. The minimum absolute atomic E-state index is 0.0835. The van der Waals surface area contributed by atoms with E-state index in [0.717, 1.165) is 0 Å². The Balaban J connectivity index is 1.75. The monoisotopic (exact) mass is 395 g/mol. The Hall–Kier alpha value is -2.04. The molecule has 0 radical (unpaired) electrons. The number of ether oxygens (including phenoxy) is 1. The van der Waals surface area contributed by atoms with Crippen molar-refractivity contribution in [1.29, 1.82) is 0 Å². The van der Waals surface area contributed by atoms with Crippen LogP contribution in [0.1, 0.15) is 31.2 Å². The fourth-order valence-electron chi connectivity index (χ4n) is 3.70. The van der Waals surface area contributed by atoms with Crippen LogP contribution in [-0.2, 0) is 9.84 Å². The summed E-state index contributed by atoms with van der Waals surface area (Å²) in [5, 5.41) is 16.6. The van der Waals surface area contributed by atoms with Crippen LogP contribution in [0.2, 0.25) is 0 Å². The Morgan fingerprint density at radius 1 is 1.33 bits per heavy atom. The molecule has 3 rings (SSSR count). The van der Waals surface area contributed by atoms with E-state index in [1.54, 1.807) is 32.4 Å². The van der Waals surface area contributed by atoms with Gasteiger partial charge in [0.15, 0.2) is 9.84 Å². The van der Waals surface area contributed by atoms with E-state index in [4.69, 9.17) is 4.74 Å². The van der Waals surface area contributed by atoms with Gasteiger partial charge >= 0.3 is 0 Å². The first kappa shape index (κ1) is 19.7. The van der Waals surface area contributed by atoms with Crippen molar-refractivity contribution in [2.75, 3.05) is 12.5 Å². The Bertz CT molecular complexity index is 851. The van der Waals surface area contributed by atoms with Crippen molar-refractivity contribution in [3.63, 3.8) is 0 Å². The Morgan fingerprint density at radius 3 is 2.70 bits per heavy atom. The third kappa shape index (κ3) is 4.28. The number of hydrogen-bond acceptors (Lipinski definition) is 8. The van der Waals surface area contributed by atoms with Gasteiger partial charge in [0.25, 0.3) is 0 Å². The highest BCUT2D eigenvalue weighted by Gasteiger charge is 2.38. The minimum Gasteiger partial charge on any atom is -0.473 e. The molecule has 0 aliphatic carbocycles. The van der Waals surface area contributed by atoms with E-state index in [2.05, 4.69) is 20.2 Å². The van der Waals surface area contributed by atoms with Gasteiger partial charge < -0.3 is 9.84 Å². The van der Waals surface area contributed by atoms with Gasteiger partial charge in [-0.3, -0.25) is 15.0 Å². The van der Waals surface area contributed by atoms with Crippen LogP contribution in [0.15, 0.2) is 23.5 Å². The Morgan fingerprint density at radius 2 is 2.11 bits per heavy atom. The molecule has 0 amide bonds. The number of rotatable bonds is 6. The fraction of sp³-hybridized carbons (Fsp3) is 0.588. The van der Waals surface area contributed by atoms with E-state index in [-0.39, 0.29) is 35.6 Å². The Labute approximate surface area is 158 Å². The molecule has 0 spiro atoms. The first-order valence-corrected chi connectivity index (χ1v) is 10.5. The number of aliphatic hydroxyl groups is 1. The zero-order valence-electron chi connectivity index (χ0n) is 15.7. The number of aromatic amines is 1. The van der Waals surface area contributed by atoms with E-state index in [1.165, 1.54) is 0 Å². The van der Waals surface area contributed by atoms with E-state index >= 15 is 0 Å². The number of aromatic nitrogens is 4. The topological polar surface area (TPSA) is 121 Å². The zero-order valence-corrected chi connectivity index (χ0v) is 16.5. The average molecular weight is 395 g/mol.